The first-order valence-corrected chi connectivity index (χ1v) is 12.1. The minimum Gasteiger partial charge on any atom is -0.497 e. The van der Waals surface area contributed by atoms with Crippen LogP contribution in [0.1, 0.15) is 48.5 Å². The molecule has 2 aromatic carbocycles. The first-order valence-electron chi connectivity index (χ1n) is 11.3. The molecule has 1 saturated heterocycles. The number of unbranched alkanes of at least 4 members (excludes halogenated alkanes) is 1. The van der Waals surface area contributed by atoms with Gasteiger partial charge in [-0.3, -0.25) is 14.9 Å². The lowest BCUT2D eigenvalue weighted by Crippen LogP contribution is -2.43. The summed E-state index contributed by atoms with van der Waals surface area (Å²) in [6.07, 6.45) is 4.71. The first kappa shape index (κ1) is 22.9. The molecule has 4 rings (SSSR count). The third-order valence-corrected chi connectivity index (χ3v) is 6.70. The molecule has 3 aromatic rings. The minimum absolute atomic E-state index is 0.107. The number of likely N-dealkylation sites (tertiary alicyclic amines) is 1. The largest absolute Gasteiger partial charge is 0.497 e. The van der Waals surface area contributed by atoms with Crippen LogP contribution < -0.4 is 10.1 Å². The maximum absolute atomic E-state index is 13.1. The average Bonchev–Trinajstić information content (AvgIpc) is 3.53. The van der Waals surface area contributed by atoms with Gasteiger partial charge in [0.1, 0.15) is 16.8 Å². The first-order chi connectivity index (χ1) is 16.1. The van der Waals surface area contributed by atoms with E-state index in [2.05, 4.69) is 22.4 Å². The SMILES string of the molecule is CCCCc1ccc(C(=O)N2CCCC2C(=O)Nc2nnc(-c3cccc(OC)c3)s2)cc1. The zero-order valence-corrected chi connectivity index (χ0v) is 19.7. The lowest BCUT2D eigenvalue weighted by atomic mass is 10.1. The molecule has 1 aliphatic heterocycles. The van der Waals surface area contributed by atoms with Crippen LogP contribution in [0.15, 0.2) is 48.5 Å². The van der Waals surface area contributed by atoms with Crippen LogP contribution in [0, 0.1) is 0 Å². The van der Waals surface area contributed by atoms with Crippen LogP contribution in [0.4, 0.5) is 5.13 Å². The van der Waals surface area contributed by atoms with Crippen molar-refractivity contribution in [2.45, 2.75) is 45.1 Å². The molecular formula is C25H28N4O3S. The average molecular weight is 465 g/mol. The van der Waals surface area contributed by atoms with Crippen molar-refractivity contribution in [2.24, 2.45) is 0 Å². The van der Waals surface area contributed by atoms with Gasteiger partial charge in [-0.2, -0.15) is 0 Å². The van der Waals surface area contributed by atoms with E-state index in [0.29, 0.717) is 28.7 Å². The van der Waals surface area contributed by atoms with Crippen LogP contribution in [-0.2, 0) is 11.2 Å². The number of ether oxygens (including phenoxy) is 1. The highest BCUT2D eigenvalue weighted by molar-refractivity contribution is 7.18. The van der Waals surface area contributed by atoms with Crippen LogP contribution >= 0.6 is 11.3 Å². The molecule has 172 valence electrons. The Kier molecular flexibility index (Phi) is 7.34. The second-order valence-electron chi connectivity index (χ2n) is 8.09. The number of nitrogens with zero attached hydrogens (tertiary/aromatic N) is 3. The van der Waals surface area contributed by atoms with Gasteiger partial charge < -0.3 is 9.64 Å². The van der Waals surface area contributed by atoms with Gasteiger partial charge in [0.15, 0.2) is 0 Å². The summed E-state index contributed by atoms with van der Waals surface area (Å²) < 4.78 is 5.26. The highest BCUT2D eigenvalue weighted by Crippen LogP contribution is 2.29. The highest BCUT2D eigenvalue weighted by Gasteiger charge is 2.35. The number of hydrogen-bond acceptors (Lipinski definition) is 6. The molecule has 0 aliphatic carbocycles. The van der Waals surface area contributed by atoms with E-state index >= 15 is 0 Å². The third-order valence-electron chi connectivity index (χ3n) is 5.81. The predicted molar refractivity (Wildman–Crippen MR) is 130 cm³/mol. The van der Waals surface area contributed by atoms with Gasteiger partial charge in [-0.05, 0) is 55.5 Å². The summed E-state index contributed by atoms with van der Waals surface area (Å²) in [6, 6.07) is 14.8. The molecule has 33 heavy (non-hydrogen) atoms. The van der Waals surface area contributed by atoms with Gasteiger partial charge in [0, 0.05) is 17.7 Å². The zero-order valence-electron chi connectivity index (χ0n) is 18.9. The minimum atomic E-state index is -0.513. The van der Waals surface area contributed by atoms with E-state index in [1.54, 1.807) is 12.0 Å². The van der Waals surface area contributed by atoms with Crippen molar-refractivity contribution >= 4 is 28.3 Å². The van der Waals surface area contributed by atoms with Gasteiger partial charge >= 0.3 is 0 Å². The fourth-order valence-electron chi connectivity index (χ4n) is 3.98. The Morgan fingerprint density at radius 1 is 1.18 bits per heavy atom. The van der Waals surface area contributed by atoms with Crippen molar-refractivity contribution in [1.82, 2.24) is 15.1 Å². The Labute approximate surface area is 197 Å². The van der Waals surface area contributed by atoms with E-state index in [0.717, 1.165) is 37.0 Å². The Morgan fingerprint density at radius 3 is 2.76 bits per heavy atom. The number of benzene rings is 2. The number of methoxy groups -OCH3 is 1. The van der Waals surface area contributed by atoms with Gasteiger partial charge in [-0.15, -0.1) is 10.2 Å². The van der Waals surface area contributed by atoms with E-state index in [9.17, 15) is 9.59 Å². The second-order valence-corrected chi connectivity index (χ2v) is 9.07. The van der Waals surface area contributed by atoms with Gasteiger partial charge in [-0.1, -0.05) is 48.9 Å². The van der Waals surface area contributed by atoms with Crippen molar-refractivity contribution < 1.29 is 14.3 Å². The summed E-state index contributed by atoms with van der Waals surface area (Å²) in [7, 11) is 1.61. The smallest absolute Gasteiger partial charge is 0.254 e. The number of aryl methyl sites for hydroxylation is 1. The summed E-state index contributed by atoms with van der Waals surface area (Å²) in [4.78, 5) is 27.8. The normalized spacial score (nSPS) is 15.5. The molecule has 7 nitrogen and oxygen atoms in total. The molecule has 0 radical (unpaired) electrons. The molecule has 1 aromatic heterocycles. The molecular weight excluding hydrogens is 436 g/mol. The molecule has 1 fully saturated rings. The standard InChI is InChI=1S/C25H28N4O3S/c1-3-4-7-17-11-13-18(14-12-17)24(31)29-15-6-10-21(29)22(30)26-25-28-27-23(33-25)19-8-5-9-20(16-19)32-2/h5,8-9,11-14,16,21H,3-4,6-7,10,15H2,1-2H3,(H,26,28,30). The highest BCUT2D eigenvalue weighted by atomic mass is 32.1. The molecule has 0 saturated carbocycles. The lowest BCUT2D eigenvalue weighted by Gasteiger charge is -2.23. The summed E-state index contributed by atoms with van der Waals surface area (Å²) in [6.45, 7) is 2.73. The molecule has 1 aliphatic rings. The molecule has 1 atom stereocenters. The number of amides is 2. The summed E-state index contributed by atoms with van der Waals surface area (Å²) in [5.41, 5.74) is 2.71. The number of hydrogen-bond donors (Lipinski definition) is 1. The molecule has 2 amide bonds. The predicted octanol–water partition coefficient (Wildman–Crippen LogP) is 4.80. The zero-order chi connectivity index (χ0) is 23.2. The maximum Gasteiger partial charge on any atom is 0.254 e. The summed E-state index contributed by atoms with van der Waals surface area (Å²) in [5.74, 6) is 0.393. The number of carbonyl (C=O) groups excluding carboxylic acids is 2. The number of anilines is 1. The topological polar surface area (TPSA) is 84.4 Å². The Hall–Kier alpha value is -3.26. The van der Waals surface area contributed by atoms with Crippen LogP contribution in [0.3, 0.4) is 0 Å². The van der Waals surface area contributed by atoms with Crippen LogP contribution in [0.5, 0.6) is 5.75 Å². The number of rotatable bonds is 8. The fourth-order valence-corrected chi connectivity index (χ4v) is 4.72. The maximum atomic E-state index is 13.1. The van der Waals surface area contributed by atoms with E-state index in [4.69, 9.17) is 4.74 Å². The molecule has 8 heteroatoms. The summed E-state index contributed by atoms with van der Waals surface area (Å²) in [5, 5.41) is 12.3. The summed E-state index contributed by atoms with van der Waals surface area (Å²) >= 11 is 1.29. The van der Waals surface area contributed by atoms with Crippen LogP contribution in [0.2, 0.25) is 0 Å². The lowest BCUT2D eigenvalue weighted by molar-refractivity contribution is -0.119. The Morgan fingerprint density at radius 2 is 2.00 bits per heavy atom. The van der Waals surface area contributed by atoms with Gasteiger partial charge in [0.25, 0.3) is 5.91 Å². The molecule has 2 heterocycles. The number of nitrogens with one attached hydrogen (secondary N) is 1. The molecule has 1 unspecified atom stereocenters. The fraction of sp³-hybridized carbons (Fsp3) is 0.360. The number of aromatic nitrogens is 2. The number of carbonyl (C=O) groups is 2. The van der Waals surface area contributed by atoms with Crippen molar-refractivity contribution in [3.8, 4) is 16.3 Å². The van der Waals surface area contributed by atoms with Gasteiger partial charge in [-0.25, -0.2) is 0 Å². The van der Waals surface area contributed by atoms with Crippen molar-refractivity contribution in [1.29, 1.82) is 0 Å². The monoisotopic (exact) mass is 464 g/mol. The molecule has 0 bridgehead atoms. The molecule has 0 spiro atoms. The Balaban J connectivity index is 1.42. The van der Waals surface area contributed by atoms with E-state index in [1.165, 1.54) is 16.9 Å². The second kappa shape index (κ2) is 10.6. The Bertz CT molecular complexity index is 1110. The third kappa shape index (κ3) is 5.39. The van der Waals surface area contributed by atoms with Gasteiger partial charge in [0.2, 0.25) is 11.0 Å². The molecule has 1 N–H and O–H groups in total. The van der Waals surface area contributed by atoms with Crippen molar-refractivity contribution in [3.63, 3.8) is 0 Å². The van der Waals surface area contributed by atoms with E-state index < -0.39 is 6.04 Å². The van der Waals surface area contributed by atoms with Crippen LogP contribution in [-0.4, -0.2) is 46.6 Å². The van der Waals surface area contributed by atoms with E-state index in [1.807, 2.05) is 48.5 Å². The van der Waals surface area contributed by atoms with Crippen LogP contribution in [0.25, 0.3) is 10.6 Å². The van der Waals surface area contributed by atoms with Gasteiger partial charge in [0.05, 0.1) is 7.11 Å². The van der Waals surface area contributed by atoms with Crippen molar-refractivity contribution in [2.75, 3.05) is 19.0 Å². The quantitative estimate of drug-likeness (QED) is 0.518. The van der Waals surface area contributed by atoms with Crippen molar-refractivity contribution in [3.05, 3.63) is 59.7 Å². The van der Waals surface area contributed by atoms with E-state index in [-0.39, 0.29) is 11.8 Å².